The van der Waals surface area contributed by atoms with Gasteiger partial charge in [-0.3, -0.25) is 0 Å². The molecule has 3 aliphatic carbocycles. The molecule has 0 atom stereocenters. The predicted octanol–water partition coefficient (Wildman–Crippen LogP) is 7.35. The van der Waals surface area contributed by atoms with Crippen molar-refractivity contribution in [2.24, 2.45) is 0 Å². The maximum Gasteiger partial charge on any atom is 0.184 e. The molecule has 2 bridgehead atoms. The fourth-order valence-corrected chi connectivity index (χ4v) is 15.1. The second-order valence-electron chi connectivity index (χ2n) is 13.1. The maximum atomic E-state index is 2.65. The van der Waals surface area contributed by atoms with Gasteiger partial charge in [0.05, 0.1) is 16.8 Å². The quantitative estimate of drug-likeness (QED) is 0.188. The third-order valence-electron chi connectivity index (χ3n) is 11.4. The van der Waals surface area contributed by atoms with Crippen molar-refractivity contribution in [1.29, 1.82) is 0 Å². The molecule has 7 aromatic carbocycles. The molecule has 0 N–H and O–H groups in total. The molecule has 0 saturated carbocycles. The minimum Gasteiger partial charge on any atom is -0.310 e. The molecule has 214 valence electrons. The number of nitrogens with zero attached hydrogens (tertiary/aromatic N) is 1. The lowest BCUT2D eigenvalue weighted by Gasteiger charge is -2.58. The van der Waals surface area contributed by atoms with Gasteiger partial charge in [-0.05, 0) is 71.8 Å². The van der Waals surface area contributed by atoms with Gasteiger partial charge < -0.3 is 4.90 Å². The molecule has 46 heavy (non-hydrogen) atoms. The van der Waals surface area contributed by atoms with Crippen molar-refractivity contribution in [2.75, 3.05) is 4.90 Å². The zero-order chi connectivity index (χ0) is 30.0. The summed E-state index contributed by atoms with van der Waals surface area (Å²) in [5.74, 6) is 0.232. The second kappa shape index (κ2) is 8.63. The van der Waals surface area contributed by atoms with Crippen molar-refractivity contribution in [3.05, 3.63) is 209 Å². The zero-order valence-electron chi connectivity index (χ0n) is 25.2. The van der Waals surface area contributed by atoms with Crippen LogP contribution in [-0.4, -0.2) is 8.07 Å². The number of rotatable bonds is 2. The van der Waals surface area contributed by atoms with Crippen LogP contribution in [0, 0.1) is 0 Å². The van der Waals surface area contributed by atoms with E-state index >= 15 is 0 Å². The van der Waals surface area contributed by atoms with Crippen LogP contribution in [0.25, 0.3) is 0 Å². The van der Waals surface area contributed by atoms with Crippen LogP contribution in [-0.2, 0) is 5.41 Å². The minimum absolute atomic E-state index is 0.232. The predicted molar refractivity (Wildman–Crippen MR) is 191 cm³/mol. The Hall–Kier alpha value is -5.44. The normalized spacial score (nSPS) is 19.7. The van der Waals surface area contributed by atoms with Gasteiger partial charge in [0, 0.05) is 11.6 Å². The van der Waals surface area contributed by atoms with E-state index in [4.69, 9.17) is 0 Å². The summed E-state index contributed by atoms with van der Waals surface area (Å²) in [6.07, 6.45) is 0. The number of benzene rings is 7. The molecule has 0 radical (unpaired) electrons. The smallest absolute Gasteiger partial charge is 0.184 e. The summed E-state index contributed by atoms with van der Waals surface area (Å²) < 4.78 is 0. The van der Waals surface area contributed by atoms with E-state index in [9.17, 15) is 0 Å². The Bertz CT molecular complexity index is 2310. The van der Waals surface area contributed by atoms with E-state index in [1.165, 1.54) is 76.8 Å². The van der Waals surface area contributed by atoms with Gasteiger partial charge in [0.15, 0.2) is 8.07 Å². The van der Waals surface area contributed by atoms with Gasteiger partial charge in [0.2, 0.25) is 0 Å². The summed E-state index contributed by atoms with van der Waals surface area (Å²) in [5, 5.41) is 5.76. The molecule has 5 aliphatic rings. The van der Waals surface area contributed by atoms with E-state index in [2.05, 4.69) is 175 Å². The number of fused-ring (bicyclic) bond motifs is 3. The fraction of sp³-hybridized carbons (Fsp3) is 0.0455. The highest BCUT2D eigenvalue weighted by Crippen LogP contribution is 2.67. The van der Waals surface area contributed by atoms with Crippen LogP contribution in [0.3, 0.4) is 0 Å². The maximum absolute atomic E-state index is 2.75. The lowest BCUT2D eigenvalue weighted by atomic mass is 9.49. The molecule has 0 amide bonds. The number of anilines is 3. The van der Waals surface area contributed by atoms with Crippen LogP contribution in [0.2, 0.25) is 0 Å². The Morgan fingerprint density at radius 2 is 0.913 bits per heavy atom. The Morgan fingerprint density at radius 3 is 1.61 bits per heavy atom. The Labute approximate surface area is 270 Å². The van der Waals surface area contributed by atoms with Crippen molar-refractivity contribution in [1.82, 2.24) is 0 Å². The van der Waals surface area contributed by atoms with Gasteiger partial charge >= 0.3 is 0 Å². The van der Waals surface area contributed by atoms with Gasteiger partial charge in [-0.1, -0.05) is 158 Å². The van der Waals surface area contributed by atoms with E-state index in [1.807, 2.05) is 0 Å². The molecular weight excluding hydrogens is 571 g/mol. The summed E-state index contributed by atoms with van der Waals surface area (Å²) >= 11 is 0. The van der Waals surface area contributed by atoms with Crippen LogP contribution in [0.5, 0.6) is 0 Å². The largest absolute Gasteiger partial charge is 0.310 e. The third kappa shape index (κ3) is 2.64. The highest BCUT2D eigenvalue weighted by atomic mass is 28.3. The Balaban J connectivity index is 1.39. The molecule has 2 heterocycles. The molecule has 1 spiro atoms. The number of para-hydroxylation sites is 2. The Kier molecular flexibility index (Phi) is 4.66. The average molecular weight is 600 g/mol. The van der Waals surface area contributed by atoms with E-state index in [0.29, 0.717) is 0 Å². The van der Waals surface area contributed by atoms with Gasteiger partial charge in [-0.25, -0.2) is 0 Å². The molecule has 2 heteroatoms. The minimum atomic E-state index is -2.75. The zero-order valence-corrected chi connectivity index (χ0v) is 26.2. The lowest BCUT2D eigenvalue weighted by molar-refractivity contribution is 0.623. The first-order chi connectivity index (χ1) is 22.9. The summed E-state index contributed by atoms with van der Waals surface area (Å²) in [6.45, 7) is 0. The SMILES string of the molecule is c1ccc([Si]2(c3ccccc3)c3ccccc3N3c4cccc5c4C4(c6ccccc6C5c5ccccc54)c4cccc2c43)cc1. The first kappa shape index (κ1) is 24.8. The Morgan fingerprint density at radius 1 is 0.413 bits per heavy atom. The lowest BCUT2D eigenvalue weighted by Crippen LogP contribution is -2.77. The van der Waals surface area contributed by atoms with E-state index in [1.54, 1.807) is 0 Å². The van der Waals surface area contributed by atoms with Crippen LogP contribution >= 0.6 is 0 Å². The monoisotopic (exact) mass is 599 g/mol. The van der Waals surface area contributed by atoms with Crippen molar-refractivity contribution >= 4 is 45.9 Å². The molecule has 12 rings (SSSR count). The highest BCUT2D eigenvalue weighted by molar-refractivity contribution is 7.21. The van der Waals surface area contributed by atoms with E-state index in [0.717, 1.165) is 0 Å². The van der Waals surface area contributed by atoms with Crippen LogP contribution in [0.15, 0.2) is 170 Å². The molecule has 7 aromatic rings. The van der Waals surface area contributed by atoms with Gasteiger partial charge in [-0.15, -0.1) is 0 Å². The van der Waals surface area contributed by atoms with Crippen molar-refractivity contribution in [3.63, 3.8) is 0 Å². The van der Waals surface area contributed by atoms with Gasteiger partial charge in [0.25, 0.3) is 0 Å². The third-order valence-corrected chi connectivity index (χ3v) is 16.2. The molecule has 1 nitrogen and oxygen atoms in total. The molecule has 0 saturated heterocycles. The van der Waals surface area contributed by atoms with Crippen LogP contribution < -0.4 is 25.6 Å². The summed E-state index contributed by atoms with van der Waals surface area (Å²) in [6, 6.07) is 65.0. The molecular formula is C44H29NSi. The van der Waals surface area contributed by atoms with E-state index in [-0.39, 0.29) is 5.92 Å². The second-order valence-corrected chi connectivity index (χ2v) is 16.9. The van der Waals surface area contributed by atoms with E-state index < -0.39 is 13.5 Å². The number of hydrogen-bond donors (Lipinski definition) is 0. The van der Waals surface area contributed by atoms with Crippen LogP contribution in [0.1, 0.15) is 44.9 Å². The van der Waals surface area contributed by atoms with Crippen molar-refractivity contribution in [3.8, 4) is 0 Å². The summed E-state index contributed by atoms with van der Waals surface area (Å²) in [7, 11) is -2.75. The molecule has 0 aromatic heterocycles. The number of hydrogen-bond acceptors (Lipinski definition) is 1. The van der Waals surface area contributed by atoms with Crippen LogP contribution in [0.4, 0.5) is 17.1 Å². The summed E-state index contributed by atoms with van der Waals surface area (Å²) in [5.41, 5.74) is 13.7. The van der Waals surface area contributed by atoms with Gasteiger partial charge in [-0.2, -0.15) is 0 Å². The first-order valence-electron chi connectivity index (χ1n) is 16.3. The van der Waals surface area contributed by atoms with Crippen molar-refractivity contribution in [2.45, 2.75) is 11.3 Å². The standard InChI is InChI=1S/C44H29NSi/c1-3-15-29(16-4-1)46(30-17-5-2-6-18-30)39-27-12-11-25-37(39)45-38-26-13-21-33-41-31-19-7-9-22-34(31)44(42(33)38,35-23-10-8-20-32(35)41)36-24-14-28-40(46)43(36)45/h1-28,41H. The highest BCUT2D eigenvalue weighted by Gasteiger charge is 2.60. The molecule has 0 unspecified atom stereocenters. The average Bonchev–Trinajstić information content (AvgIpc) is 3.14. The fourth-order valence-electron chi connectivity index (χ4n) is 9.97. The summed E-state index contributed by atoms with van der Waals surface area (Å²) in [4.78, 5) is 2.65. The molecule has 0 fully saturated rings. The van der Waals surface area contributed by atoms with Crippen molar-refractivity contribution < 1.29 is 0 Å². The topological polar surface area (TPSA) is 3.24 Å². The molecule has 2 aliphatic heterocycles. The van der Waals surface area contributed by atoms with Gasteiger partial charge in [0.1, 0.15) is 0 Å². The first-order valence-corrected chi connectivity index (χ1v) is 18.3.